The van der Waals surface area contributed by atoms with Gasteiger partial charge in [-0.25, -0.2) is 0 Å². The van der Waals surface area contributed by atoms with Crippen LogP contribution in [-0.2, 0) is 14.3 Å². The lowest BCUT2D eigenvalue weighted by molar-refractivity contribution is -0.154. The Hall–Kier alpha value is -1.13. The maximum absolute atomic E-state index is 11.8. The lowest BCUT2D eigenvalue weighted by Gasteiger charge is -2.15. The first-order valence-corrected chi connectivity index (χ1v) is 17.9. The van der Waals surface area contributed by atoms with Crippen LogP contribution in [0.1, 0.15) is 181 Å². The van der Waals surface area contributed by atoms with E-state index in [1.165, 1.54) is 128 Å². The molecule has 0 aliphatic rings. The maximum atomic E-state index is 11.8. The molecule has 4 heteroatoms. The molecule has 0 aliphatic carbocycles. The van der Waals surface area contributed by atoms with E-state index in [1.807, 2.05) is 0 Å². The van der Waals surface area contributed by atoms with Crippen molar-refractivity contribution < 1.29 is 19.4 Å². The van der Waals surface area contributed by atoms with Crippen LogP contribution in [0.25, 0.3) is 0 Å². The number of esters is 1. The van der Waals surface area contributed by atoms with Crippen molar-refractivity contribution in [3.8, 4) is 0 Å². The molecule has 0 aromatic heterocycles. The van der Waals surface area contributed by atoms with Gasteiger partial charge >= 0.3 is 5.97 Å². The second-order valence-electron chi connectivity index (χ2n) is 11.9. The molecule has 0 amide bonds. The molecule has 41 heavy (non-hydrogen) atoms. The molecule has 4 nitrogen and oxygen atoms in total. The van der Waals surface area contributed by atoms with Crippen LogP contribution in [0, 0.1) is 0 Å². The van der Waals surface area contributed by atoms with Crippen molar-refractivity contribution in [3.63, 3.8) is 0 Å². The molecule has 0 fully saturated rings. The number of unbranched alkanes of at least 4 members (excludes halogenated alkanes) is 21. The molecule has 0 rings (SSSR count). The summed E-state index contributed by atoms with van der Waals surface area (Å²) in [7, 11) is 0. The summed E-state index contributed by atoms with van der Waals surface area (Å²) < 4.78 is 10.9. The van der Waals surface area contributed by atoms with E-state index in [9.17, 15) is 9.90 Å². The topological polar surface area (TPSA) is 55.8 Å². The molecule has 0 aromatic rings. The molecule has 0 saturated carbocycles. The highest BCUT2D eigenvalue weighted by Crippen LogP contribution is 2.14. The Bertz CT molecular complexity index is 571. The monoisotopic (exact) mass is 579 g/mol. The molecule has 0 aromatic carbocycles. The fourth-order valence-corrected chi connectivity index (χ4v) is 5.06. The average molecular weight is 579 g/mol. The van der Waals surface area contributed by atoms with Gasteiger partial charge in [0, 0.05) is 13.0 Å². The summed E-state index contributed by atoms with van der Waals surface area (Å²) in [5.74, 6) is -0.225. The highest BCUT2D eigenvalue weighted by atomic mass is 16.6. The third-order valence-electron chi connectivity index (χ3n) is 7.78. The number of aliphatic hydroxyl groups excluding tert-OH is 1. The van der Waals surface area contributed by atoms with Crippen molar-refractivity contribution in [2.75, 3.05) is 19.8 Å². The standard InChI is InChI=1S/C37H70O4/c1-3-5-7-8-9-10-11-12-13-14-15-16-17-18-19-20-21-22-23-24-25-26-27-28-29-31-33-40-35-36(34-38)41-37(39)32-30-6-4-2/h11-12,14-15,36,38H,3-10,13,16-35H2,1-2H3/b12-11-,15-14-. The Labute approximate surface area is 256 Å². The summed E-state index contributed by atoms with van der Waals surface area (Å²) in [6.07, 6.45) is 41.5. The van der Waals surface area contributed by atoms with Crippen molar-refractivity contribution in [2.24, 2.45) is 0 Å². The van der Waals surface area contributed by atoms with E-state index >= 15 is 0 Å². The van der Waals surface area contributed by atoms with Gasteiger partial charge in [-0.15, -0.1) is 0 Å². The zero-order chi connectivity index (χ0) is 29.9. The number of allylic oxidation sites excluding steroid dienone is 4. The number of rotatable bonds is 33. The van der Waals surface area contributed by atoms with Crippen LogP contribution in [0.2, 0.25) is 0 Å². The third-order valence-corrected chi connectivity index (χ3v) is 7.78. The SMILES string of the molecule is CCCCCCC/C=C\C/C=C\CCCCCCCCCCCCCCCCOCC(CO)OC(=O)CCCCC. The van der Waals surface area contributed by atoms with Crippen LogP contribution in [0.5, 0.6) is 0 Å². The Kier molecular flexibility index (Phi) is 34.1. The third kappa shape index (κ3) is 33.2. The minimum Gasteiger partial charge on any atom is -0.457 e. The smallest absolute Gasteiger partial charge is 0.306 e. The van der Waals surface area contributed by atoms with Gasteiger partial charge in [0.15, 0.2) is 0 Å². The summed E-state index contributed by atoms with van der Waals surface area (Å²) in [5, 5.41) is 9.39. The normalized spacial score (nSPS) is 12.6. The molecule has 0 aliphatic heterocycles. The largest absolute Gasteiger partial charge is 0.457 e. The van der Waals surface area contributed by atoms with Crippen molar-refractivity contribution in [1.82, 2.24) is 0 Å². The van der Waals surface area contributed by atoms with Crippen molar-refractivity contribution in [2.45, 2.75) is 187 Å². The first-order valence-electron chi connectivity index (χ1n) is 17.9. The fraction of sp³-hybridized carbons (Fsp3) is 0.865. The van der Waals surface area contributed by atoms with E-state index in [0.717, 1.165) is 32.1 Å². The van der Waals surface area contributed by atoms with E-state index < -0.39 is 6.10 Å². The van der Waals surface area contributed by atoms with Gasteiger partial charge in [-0.1, -0.05) is 154 Å². The minimum atomic E-state index is -0.524. The molecule has 0 bridgehead atoms. The van der Waals surface area contributed by atoms with Gasteiger partial charge in [-0.3, -0.25) is 4.79 Å². The molecule has 242 valence electrons. The molecule has 1 atom stereocenters. The summed E-state index contributed by atoms with van der Waals surface area (Å²) in [6.45, 7) is 5.19. The highest BCUT2D eigenvalue weighted by Gasteiger charge is 2.13. The second-order valence-corrected chi connectivity index (χ2v) is 11.9. The van der Waals surface area contributed by atoms with Crippen molar-refractivity contribution >= 4 is 5.97 Å². The quantitative estimate of drug-likeness (QED) is 0.0478. The number of ether oxygens (including phenoxy) is 2. The van der Waals surface area contributed by atoms with E-state index in [1.54, 1.807) is 0 Å². The number of carbonyl (C=O) groups is 1. The van der Waals surface area contributed by atoms with Crippen LogP contribution in [0.3, 0.4) is 0 Å². The minimum absolute atomic E-state index is 0.171. The van der Waals surface area contributed by atoms with Gasteiger partial charge in [0.2, 0.25) is 0 Å². The zero-order valence-corrected chi connectivity index (χ0v) is 27.6. The molecule has 0 spiro atoms. The summed E-state index contributed by atoms with van der Waals surface area (Å²) >= 11 is 0. The molecule has 0 heterocycles. The van der Waals surface area contributed by atoms with Gasteiger partial charge in [-0.2, -0.15) is 0 Å². The Morgan fingerprint density at radius 1 is 0.585 bits per heavy atom. The lowest BCUT2D eigenvalue weighted by Crippen LogP contribution is -2.27. The molecule has 0 saturated heterocycles. The molecule has 1 N–H and O–H groups in total. The second kappa shape index (κ2) is 35.1. The fourth-order valence-electron chi connectivity index (χ4n) is 5.06. The van der Waals surface area contributed by atoms with E-state index in [4.69, 9.17) is 9.47 Å². The number of aliphatic hydroxyl groups is 1. The maximum Gasteiger partial charge on any atom is 0.306 e. The van der Waals surface area contributed by atoms with Crippen LogP contribution < -0.4 is 0 Å². The Morgan fingerprint density at radius 3 is 1.51 bits per heavy atom. The highest BCUT2D eigenvalue weighted by molar-refractivity contribution is 5.69. The summed E-state index contributed by atoms with van der Waals surface area (Å²) in [6, 6.07) is 0. The first kappa shape index (κ1) is 39.9. The molecule has 0 radical (unpaired) electrons. The van der Waals surface area contributed by atoms with Crippen molar-refractivity contribution in [3.05, 3.63) is 24.3 Å². The summed E-state index contributed by atoms with van der Waals surface area (Å²) in [4.78, 5) is 11.8. The average Bonchev–Trinajstić information content (AvgIpc) is 2.98. The molecular weight excluding hydrogens is 508 g/mol. The van der Waals surface area contributed by atoms with Crippen LogP contribution >= 0.6 is 0 Å². The lowest BCUT2D eigenvalue weighted by atomic mass is 10.0. The summed E-state index contributed by atoms with van der Waals surface area (Å²) in [5.41, 5.74) is 0. The predicted molar refractivity (Wildman–Crippen MR) is 177 cm³/mol. The van der Waals surface area contributed by atoms with Gasteiger partial charge in [0.25, 0.3) is 0 Å². The van der Waals surface area contributed by atoms with Crippen LogP contribution in [-0.4, -0.2) is 37.0 Å². The van der Waals surface area contributed by atoms with Gasteiger partial charge in [0.1, 0.15) is 6.10 Å². The van der Waals surface area contributed by atoms with Gasteiger partial charge in [0.05, 0.1) is 13.2 Å². The Balaban J connectivity index is 3.28. The number of hydrogen-bond acceptors (Lipinski definition) is 4. The number of hydrogen-bond donors (Lipinski definition) is 1. The van der Waals surface area contributed by atoms with Gasteiger partial charge < -0.3 is 14.6 Å². The van der Waals surface area contributed by atoms with E-state index in [2.05, 4.69) is 38.2 Å². The van der Waals surface area contributed by atoms with Crippen LogP contribution in [0.15, 0.2) is 24.3 Å². The van der Waals surface area contributed by atoms with E-state index in [0.29, 0.717) is 19.6 Å². The number of carbonyl (C=O) groups excluding carboxylic acids is 1. The Morgan fingerprint density at radius 2 is 1.02 bits per heavy atom. The zero-order valence-electron chi connectivity index (χ0n) is 27.6. The van der Waals surface area contributed by atoms with E-state index in [-0.39, 0.29) is 12.6 Å². The van der Waals surface area contributed by atoms with Crippen LogP contribution in [0.4, 0.5) is 0 Å². The molecular formula is C37H70O4. The first-order chi connectivity index (χ1) is 20.2. The van der Waals surface area contributed by atoms with Crippen molar-refractivity contribution in [1.29, 1.82) is 0 Å². The van der Waals surface area contributed by atoms with Gasteiger partial charge in [-0.05, 0) is 44.9 Å². The predicted octanol–water partition coefficient (Wildman–Crippen LogP) is 11.2. The molecule has 1 unspecified atom stereocenters.